The van der Waals surface area contributed by atoms with E-state index in [1.54, 1.807) is 6.92 Å². The van der Waals surface area contributed by atoms with Crippen LogP contribution in [0.25, 0.3) is 0 Å². The fraction of sp³-hybridized carbons (Fsp3) is 0.182. The van der Waals surface area contributed by atoms with Gasteiger partial charge in [-0.15, -0.1) is 6.42 Å². The maximum Gasteiger partial charge on any atom is 0.255 e. The van der Waals surface area contributed by atoms with Gasteiger partial charge in [0.05, 0.1) is 16.6 Å². The van der Waals surface area contributed by atoms with Crippen LogP contribution in [-0.2, 0) is 0 Å². The third-order valence-electron chi connectivity index (χ3n) is 1.85. The number of hydrogen-bond acceptors (Lipinski definition) is 1. The topological polar surface area (TPSA) is 29.1 Å². The number of benzene rings is 1. The second-order valence-electron chi connectivity index (χ2n) is 3.11. The maximum absolute atomic E-state index is 13.3. The molecule has 1 N–H and O–H groups in total. The predicted molar refractivity (Wildman–Crippen MR) is 57.1 cm³/mol. The van der Waals surface area contributed by atoms with Gasteiger partial charge in [-0.3, -0.25) is 4.79 Å². The zero-order valence-corrected chi connectivity index (χ0v) is 9.11. The number of nitrogens with one attached hydrogen (secondary N) is 1. The van der Waals surface area contributed by atoms with Crippen molar-refractivity contribution < 1.29 is 13.6 Å². The zero-order chi connectivity index (χ0) is 12.3. The van der Waals surface area contributed by atoms with Crippen molar-refractivity contribution in [3.63, 3.8) is 0 Å². The lowest BCUT2D eigenvalue weighted by atomic mass is 10.2. The number of halogens is 3. The quantitative estimate of drug-likeness (QED) is 0.627. The lowest BCUT2D eigenvalue weighted by molar-refractivity contribution is 0.0943. The average Bonchev–Trinajstić information content (AvgIpc) is 2.23. The predicted octanol–water partition coefficient (Wildman–Crippen LogP) is 2.37. The Hall–Kier alpha value is -1.60. The average molecular weight is 244 g/mol. The van der Waals surface area contributed by atoms with Crippen LogP contribution in [0.2, 0.25) is 5.02 Å². The molecule has 0 saturated carbocycles. The highest BCUT2D eigenvalue weighted by molar-refractivity contribution is 6.30. The van der Waals surface area contributed by atoms with E-state index >= 15 is 0 Å². The van der Waals surface area contributed by atoms with Gasteiger partial charge in [0.25, 0.3) is 5.91 Å². The molecule has 1 aromatic rings. The molecule has 5 heteroatoms. The Morgan fingerprint density at radius 2 is 2.12 bits per heavy atom. The molecule has 0 aromatic heterocycles. The Labute approximate surface area is 96.6 Å². The number of carbonyl (C=O) groups excluding carboxylic acids is 1. The first-order valence-corrected chi connectivity index (χ1v) is 4.75. The van der Waals surface area contributed by atoms with Crippen LogP contribution in [0.15, 0.2) is 12.1 Å². The van der Waals surface area contributed by atoms with E-state index in [-0.39, 0.29) is 5.02 Å². The Bertz CT molecular complexity index is 468. The maximum atomic E-state index is 13.3. The highest BCUT2D eigenvalue weighted by Crippen LogP contribution is 2.19. The number of carbonyl (C=O) groups is 1. The minimum absolute atomic E-state index is 0.376. The summed E-state index contributed by atoms with van der Waals surface area (Å²) < 4.78 is 26.3. The molecule has 2 nitrogen and oxygen atoms in total. The van der Waals surface area contributed by atoms with Gasteiger partial charge in [-0.25, -0.2) is 8.78 Å². The Morgan fingerprint density at radius 3 is 2.69 bits per heavy atom. The van der Waals surface area contributed by atoms with E-state index in [1.807, 2.05) is 0 Å². The first kappa shape index (κ1) is 12.5. The molecular formula is C11H8ClF2NO. The highest BCUT2D eigenvalue weighted by Gasteiger charge is 2.16. The van der Waals surface area contributed by atoms with Crippen LogP contribution in [0, 0.1) is 24.0 Å². The van der Waals surface area contributed by atoms with Crippen LogP contribution in [0.3, 0.4) is 0 Å². The molecule has 1 rings (SSSR count). The van der Waals surface area contributed by atoms with E-state index in [0.717, 1.165) is 12.1 Å². The van der Waals surface area contributed by atoms with Crippen molar-refractivity contribution >= 4 is 17.5 Å². The molecule has 1 unspecified atom stereocenters. The van der Waals surface area contributed by atoms with E-state index in [4.69, 9.17) is 18.0 Å². The monoisotopic (exact) mass is 243 g/mol. The first-order valence-electron chi connectivity index (χ1n) is 4.37. The van der Waals surface area contributed by atoms with Gasteiger partial charge in [0.1, 0.15) is 11.6 Å². The molecule has 1 atom stereocenters. The molecule has 1 amide bonds. The van der Waals surface area contributed by atoms with Crippen LogP contribution in [-0.4, -0.2) is 11.9 Å². The van der Waals surface area contributed by atoms with Gasteiger partial charge in [-0.1, -0.05) is 17.5 Å². The lowest BCUT2D eigenvalue weighted by Gasteiger charge is -2.08. The minimum atomic E-state index is -0.895. The largest absolute Gasteiger partial charge is 0.339 e. The number of amides is 1. The fourth-order valence-corrected chi connectivity index (χ4v) is 1.16. The second kappa shape index (κ2) is 4.95. The Balaban J connectivity index is 3.01. The highest BCUT2D eigenvalue weighted by atomic mass is 35.5. The number of hydrogen-bond donors (Lipinski definition) is 1. The van der Waals surface area contributed by atoms with Crippen molar-refractivity contribution in [2.75, 3.05) is 0 Å². The third-order valence-corrected chi connectivity index (χ3v) is 2.14. The molecular weight excluding hydrogens is 236 g/mol. The molecule has 0 saturated heterocycles. The molecule has 0 fully saturated rings. The summed E-state index contributed by atoms with van der Waals surface area (Å²) in [5.74, 6) is -0.297. The van der Waals surface area contributed by atoms with Gasteiger partial charge in [0, 0.05) is 0 Å². The minimum Gasteiger partial charge on any atom is -0.339 e. The molecule has 0 aliphatic heterocycles. The second-order valence-corrected chi connectivity index (χ2v) is 3.52. The molecule has 84 valence electrons. The summed E-state index contributed by atoms with van der Waals surface area (Å²) >= 11 is 5.34. The van der Waals surface area contributed by atoms with Crippen LogP contribution < -0.4 is 5.32 Å². The number of rotatable bonds is 2. The molecule has 0 heterocycles. The molecule has 0 aliphatic rings. The van der Waals surface area contributed by atoms with Gasteiger partial charge < -0.3 is 5.32 Å². The third kappa shape index (κ3) is 2.71. The van der Waals surface area contributed by atoms with Crippen molar-refractivity contribution in [2.45, 2.75) is 13.0 Å². The summed E-state index contributed by atoms with van der Waals surface area (Å²) in [5.41, 5.74) is -0.427. The molecule has 0 spiro atoms. The van der Waals surface area contributed by atoms with Crippen molar-refractivity contribution in [2.24, 2.45) is 0 Å². The Kier molecular flexibility index (Phi) is 3.86. The summed E-state index contributed by atoms with van der Waals surface area (Å²) in [6.07, 6.45) is 5.04. The molecule has 16 heavy (non-hydrogen) atoms. The van der Waals surface area contributed by atoms with E-state index in [9.17, 15) is 13.6 Å². The van der Waals surface area contributed by atoms with Gasteiger partial charge in [-0.05, 0) is 19.1 Å². The molecule has 1 aromatic carbocycles. The van der Waals surface area contributed by atoms with E-state index < -0.39 is 29.1 Å². The summed E-state index contributed by atoms with van der Waals surface area (Å²) in [4.78, 5) is 11.4. The molecule has 0 aliphatic carbocycles. The smallest absolute Gasteiger partial charge is 0.255 e. The van der Waals surface area contributed by atoms with E-state index in [2.05, 4.69) is 11.2 Å². The fourth-order valence-electron chi connectivity index (χ4n) is 1.01. The lowest BCUT2D eigenvalue weighted by Crippen LogP contribution is -2.32. The van der Waals surface area contributed by atoms with Crippen molar-refractivity contribution in [3.05, 3.63) is 34.4 Å². The van der Waals surface area contributed by atoms with Crippen molar-refractivity contribution in [1.29, 1.82) is 0 Å². The van der Waals surface area contributed by atoms with Crippen LogP contribution in [0.4, 0.5) is 8.78 Å². The number of terminal acetylenes is 1. The first-order chi connectivity index (χ1) is 7.45. The standard InChI is InChI=1S/C11H8ClF2NO/c1-3-6(2)15-11(16)7-4-10(14)8(12)5-9(7)13/h1,4-6H,2H3,(H,15,16). The van der Waals surface area contributed by atoms with Gasteiger partial charge in [-0.2, -0.15) is 0 Å². The van der Waals surface area contributed by atoms with Crippen molar-refractivity contribution in [3.8, 4) is 12.3 Å². The van der Waals surface area contributed by atoms with E-state index in [1.165, 1.54) is 0 Å². The summed E-state index contributed by atoms with van der Waals surface area (Å²) in [6.45, 7) is 1.54. The SMILES string of the molecule is C#CC(C)NC(=O)c1cc(F)c(Cl)cc1F. The summed E-state index contributed by atoms with van der Waals surface area (Å²) in [7, 11) is 0. The van der Waals surface area contributed by atoms with E-state index in [0.29, 0.717) is 0 Å². The van der Waals surface area contributed by atoms with Gasteiger partial charge >= 0.3 is 0 Å². The van der Waals surface area contributed by atoms with Crippen LogP contribution in [0.1, 0.15) is 17.3 Å². The normalized spacial score (nSPS) is 11.7. The van der Waals surface area contributed by atoms with Gasteiger partial charge in [0.15, 0.2) is 0 Å². The Morgan fingerprint density at radius 1 is 1.50 bits per heavy atom. The van der Waals surface area contributed by atoms with Gasteiger partial charge in [0.2, 0.25) is 0 Å². The van der Waals surface area contributed by atoms with Crippen LogP contribution >= 0.6 is 11.6 Å². The van der Waals surface area contributed by atoms with Crippen molar-refractivity contribution in [1.82, 2.24) is 5.32 Å². The molecule has 0 radical (unpaired) electrons. The summed E-state index contributed by atoms with van der Waals surface area (Å²) in [5, 5.41) is 1.93. The summed E-state index contributed by atoms with van der Waals surface area (Å²) in [6, 6.07) is 0.911. The molecule has 0 bridgehead atoms. The zero-order valence-electron chi connectivity index (χ0n) is 8.35. The van der Waals surface area contributed by atoms with Crippen LogP contribution in [0.5, 0.6) is 0 Å².